The minimum absolute atomic E-state index is 0.0921. The quantitative estimate of drug-likeness (QED) is 0.249. The molecule has 10 nitrogen and oxygen atoms in total. The van der Waals surface area contributed by atoms with E-state index in [0.29, 0.717) is 18.8 Å². The van der Waals surface area contributed by atoms with E-state index in [4.69, 9.17) is 4.74 Å². The molecule has 0 amide bonds. The number of non-ortho nitro benzene ring substituents is 1. The Hall–Kier alpha value is -4.21. The number of benzene rings is 2. The summed E-state index contributed by atoms with van der Waals surface area (Å²) in [5.74, 6) is -0.294. The third kappa shape index (κ3) is 3.87. The molecule has 5 rings (SSSR count). The Morgan fingerprint density at radius 3 is 2.68 bits per heavy atom. The molecular formula is C24H21N5O5. The number of Topliss-reactive ketones (excluding diaryl/α,β-unsaturated/α-hetero) is 1. The summed E-state index contributed by atoms with van der Waals surface area (Å²) in [6, 6.07) is 11.7. The number of nitro benzene ring substituents is 1. The van der Waals surface area contributed by atoms with Crippen molar-refractivity contribution in [3.05, 3.63) is 76.1 Å². The summed E-state index contributed by atoms with van der Waals surface area (Å²) in [6.45, 7) is 4.10. The van der Waals surface area contributed by atoms with Crippen LogP contribution in [0.2, 0.25) is 0 Å². The molecule has 0 radical (unpaired) electrons. The first kappa shape index (κ1) is 21.6. The van der Waals surface area contributed by atoms with Gasteiger partial charge in [0.05, 0.1) is 22.4 Å². The smallest absolute Gasteiger partial charge is 0.343 e. The lowest BCUT2D eigenvalue weighted by atomic mass is 9.67. The highest BCUT2D eigenvalue weighted by molar-refractivity contribution is 6.09. The van der Waals surface area contributed by atoms with Crippen molar-refractivity contribution in [2.75, 3.05) is 0 Å². The van der Waals surface area contributed by atoms with Gasteiger partial charge in [-0.25, -0.2) is 14.5 Å². The number of esters is 1. The van der Waals surface area contributed by atoms with E-state index in [1.54, 1.807) is 22.9 Å². The standard InChI is InChI=1S/C24H21N5O5/c1-24(2)11-18-20(19(30)12-24)21(28-23(27-18)25-13-26-28)15-4-3-5-17(10-15)34-22(31)14-6-8-16(9-7-14)29(32)33/h3-10,13,20-21H,11-12H2,1-2H3/t20?,21-/m1/s1. The zero-order chi connectivity index (χ0) is 24.0. The van der Waals surface area contributed by atoms with E-state index < -0.39 is 22.9 Å². The van der Waals surface area contributed by atoms with E-state index in [1.165, 1.54) is 30.6 Å². The van der Waals surface area contributed by atoms with Crippen molar-refractivity contribution in [1.82, 2.24) is 14.8 Å². The van der Waals surface area contributed by atoms with Gasteiger partial charge in [0.15, 0.2) is 0 Å². The molecule has 172 valence electrons. The van der Waals surface area contributed by atoms with Crippen LogP contribution in [-0.4, -0.2) is 37.2 Å². The minimum atomic E-state index is -0.644. The number of nitrogens with zero attached hydrogens (tertiary/aromatic N) is 5. The number of aromatic nitrogens is 3. The molecule has 1 aliphatic heterocycles. The fraction of sp³-hybridized carbons (Fsp3) is 0.292. The van der Waals surface area contributed by atoms with Crippen molar-refractivity contribution < 1.29 is 19.2 Å². The molecule has 0 spiro atoms. The molecule has 1 aromatic heterocycles. The van der Waals surface area contributed by atoms with E-state index in [-0.39, 0.29) is 28.2 Å². The number of ketones is 1. The molecule has 0 bridgehead atoms. The largest absolute Gasteiger partial charge is 0.423 e. The predicted molar refractivity (Wildman–Crippen MR) is 121 cm³/mol. The van der Waals surface area contributed by atoms with E-state index in [1.807, 2.05) is 6.07 Å². The van der Waals surface area contributed by atoms with Crippen molar-refractivity contribution >= 4 is 29.1 Å². The number of hydrogen-bond donors (Lipinski definition) is 0. The van der Waals surface area contributed by atoms with Crippen LogP contribution in [0.3, 0.4) is 0 Å². The maximum absolute atomic E-state index is 13.2. The molecule has 1 saturated carbocycles. The van der Waals surface area contributed by atoms with Crippen LogP contribution in [0.5, 0.6) is 5.75 Å². The molecule has 1 aliphatic carbocycles. The highest BCUT2D eigenvalue weighted by Crippen LogP contribution is 2.45. The fourth-order valence-electron chi connectivity index (χ4n) is 4.67. The summed E-state index contributed by atoms with van der Waals surface area (Å²) in [7, 11) is 0. The number of aliphatic imine (C=N–C) groups is 1. The third-order valence-corrected chi connectivity index (χ3v) is 6.12. The normalized spacial score (nSPS) is 20.6. The topological polar surface area (TPSA) is 130 Å². The Morgan fingerprint density at radius 2 is 1.94 bits per heavy atom. The second-order valence-electron chi connectivity index (χ2n) is 9.28. The lowest BCUT2D eigenvalue weighted by Crippen LogP contribution is -2.44. The molecular weight excluding hydrogens is 438 g/mol. The number of ether oxygens (including phenoxy) is 1. The van der Waals surface area contributed by atoms with Gasteiger partial charge in [-0.15, -0.1) is 0 Å². The summed E-state index contributed by atoms with van der Waals surface area (Å²) in [6.07, 6.45) is 2.53. The zero-order valence-electron chi connectivity index (χ0n) is 18.5. The molecule has 3 aromatic rings. The van der Waals surface area contributed by atoms with Crippen LogP contribution in [0.15, 0.2) is 59.9 Å². The molecule has 1 unspecified atom stereocenters. The van der Waals surface area contributed by atoms with Crippen LogP contribution in [0, 0.1) is 21.4 Å². The lowest BCUT2D eigenvalue weighted by molar-refractivity contribution is -0.384. The van der Waals surface area contributed by atoms with Gasteiger partial charge in [-0.1, -0.05) is 26.0 Å². The molecule has 1 fully saturated rings. The molecule has 2 aromatic carbocycles. The summed E-state index contributed by atoms with van der Waals surface area (Å²) >= 11 is 0. The van der Waals surface area contributed by atoms with Crippen molar-refractivity contribution in [2.45, 2.75) is 32.7 Å². The molecule has 2 heterocycles. The molecule has 10 heteroatoms. The van der Waals surface area contributed by atoms with Gasteiger partial charge in [-0.2, -0.15) is 10.1 Å². The predicted octanol–water partition coefficient (Wildman–Crippen LogP) is 4.09. The van der Waals surface area contributed by atoms with Crippen LogP contribution in [-0.2, 0) is 4.79 Å². The Balaban J connectivity index is 1.46. The lowest BCUT2D eigenvalue weighted by Gasteiger charge is -2.40. The second-order valence-corrected chi connectivity index (χ2v) is 9.28. The Morgan fingerprint density at radius 1 is 1.18 bits per heavy atom. The molecule has 2 atom stereocenters. The fourth-order valence-corrected chi connectivity index (χ4v) is 4.67. The van der Waals surface area contributed by atoms with Crippen molar-refractivity contribution in [3.8, 4) is 5.75 Å². The minimum Gasteiger partial charge on any atom is -0.423 e. The van der Waals surface area contributed by atoms with E-state index >= 15 is 0 Å². The number of carbonyl (C=O) groups excluding carboxylic acids is 2. The highest BCUT2D eigenvalue weighted by Gasteiger charge is 2.46. The molecule has 2 aliphatic rings. The summed E-state index contributed by atoms with van der Waals surface area (Å²) in [5.41, 5.74) is 1.43. The van der Waals surface area contributed by atoms with Crippen molar-refractivity contribution in [1.29, 1.82) is 0 Å². The monoisotopic (exact) mass is 459 g/mol. The van der Waals surface area contributed by atoms with Gasteiger partial charge in [0.1, 0.15) is 17.9 Å². The van der Waals surface area contributed by atoms with Crippen LogP contribution in [0.4, 0.5) is 11.6 Å². The number of hydrogen-bond acceptors (Lipinski definition) is 8. The first-order valence-corrected chi connectivity index (χ1v) is 10.8. The Kier molecular flexibility index (Phi) is 5.07. The van der Waals surface area contributed by atoms with E-state index in [2.05, 4.69) is 28.9 Å². The van der Waals surface area contributed by atoms with Gasteiger partial charge in [0.25, 0.3) is 5.69 Å². The number of nitro groups is 1. The number of fused-ring (bicyclic) bond motifs is 2. The Labute approximate surface area is 194 Å². The SMILES string of the molecule is CC1(C)CC(=O)C2C(=Nc3ncnn3[C@@H]2c2cccc(OC(=O)c3ccc([N+](=O)[O-])cc3)c2)C1. The Bertz CT molecular complexity index is 1340. The number of carbonyl (C=O) groups is 2. The van der Waals surface area contributed by atoms with Crippen LogP contribution >= 0.6 is 0 Å². The van der Waals surface area contributed by atoms with Crippen LogP contribution in [0.1, 0.15) is 48.7 Å². The van der Waals surface area contributed by atoms with Gasteiger partial charge in [0.2, 0.25) is 5.95 Å². The average molecular weight is 459 g/mol. The maximum atomic E-state index is 13.2. The highest BCUT2D eigenvalue weighted by atomic mass is 16.6. The summed E-state index contributed by atoms with van der Waals surface area (Å²) < 4.78 is 7.17. The van der Waals surface area contributed by atoms with Crippen LogP contribution < -0.4 is 4.74 Å². The first-order valence-electron chi connectivity index (χ1n) is 10.8. The van der Waals surface area contributed by atoms with Gasteiger partial charge in [-0.3, -0.25) is 14.9 Å². The van der Waals surface area contributed by atoms with Gasteiger partial charge >= 0.3 is 5.97 Å². The average Bonchev–Trinajstić information content (AvgIpc) is 3.25. The van der Waals surface area contributed by atoms with Crippen molar-refractivity contribution in [2.24, 2.45) is 16.3 Å². The van der Waals surface area contributed by atoms with Gasteiger partial charge < -0.3 is 4.74 Å². The maximum Gasteiger partial charge on any atom is 0.343 e. The van der Waals surface area contributed by atoms with Crippen LogP contribution in [0.25, 0.3) is 0 Å². The van der Waals surface area contributed by atoms with E-state index in [9.17, 15) is 19.7 Å². The molecule has 0 N–H and O–H groups in total. The second kappa shape index (κ2) is 7.98. The van der Waals surface area contributed by atoms with Gasteiger partial charge in [-0.05, 0) is 41.7 Å². The third-order valence-electron chi connectivity index (χ3n) is 6.12. The molecule has 0 saturated heterocycles. The zero-order valence-corrected chi connectivity index (χ0v) is 18.5. The molecule has 34 heavy (non-hydrogen) atoms. The summed E-state index contributed by atoms with van der Waals surface area (Å²) in [4.78, 5) is 45.0. The number of rotatable bonds is 4. The summed E-state index contributed by atoms with van der Waals surface area (Å²) in [5, 5.41) is 15.2. The van der Waals surface area contributed by atoms with Gasteiger partial charge in [0, 0.05) is 24.3 Å². The van der Waals surface area contributed by atoms with Crippen molar-refractivity contribution in [3.63, 3.8) is 0 Å². The van der Waals surface area contributed by atoms with E-state index in [0.717, 1.165) is 11.3 Å². The first-order chi connectivity index (χ1) is 16.2.